The summed E-state index contributed by atoms with van der Waals surface area (Å²) in [6.07, 6.45) is -0.257. The minimum atomic E-state index is -0.601. The number of hydrogen-bond donors (Lipinski definition) is 0. The van der Waals surface area contributed by atoms with E-state index in [4.69, 9.17) is 32.7 Å². The molecular weight excluding hydrogens is 463 g/mol. The lowest BCUT2D eigenvalue weighted by Gasteiger charge is -2.45. The molecule has 0 N–H and O–H groups in total. The predicted molar refractivity (Wildman–Crippen MR) is 130 cm³/mol. The van der Waals surface area contributed by atoms with Gasteiger partial charge in [0.05, 0.1) is 19.6 Å². The van der Waals surface area contributed by atoms with Crippen LogP contribution in [0.2, 0.25) is 10.0 Å². The van der Waals surface area contributed by atoms with Gasteiger partial charge in [-0.15, -0.1) is 0 Å². The molecule has 1 saturated heterocycles. The Morgan fingerprint density at radius 1 is 1.03 bits per heavy atom. The average Bonchev–Trinajstić information content (AvgIpc) is 2.73. The van der Waals surface area contributed by atoms with Gasteiger partial charge in [0, 0.05) is 35.7 Å². The second-order valence-corrected chi connectivity index (χ2v) is 9.98. The number of nitrogens with zero attached hydrogens (tertiary/aromatic N) is 2. The summed E-state index contributed by atoms with van der Waals surface area (Å²) in [5, 5.41) is 1.24. The lowest BCUT2D eigenvalue weighted by Crippen LogP contribution is -2.57. The molecule has 33 heavy (non-hydrogen) atoms. The van der Waals surface area contributed by atoms with E-state index in [-0.39, 0.29) is 30.6 Å². The minimum Gasteiger partial charge on any atom is -0.469 e. The van der Waals surface area contributed by atoms with Crippen LogP contribution in [-0.2, 0) is 14.3 Å². The van der Waals surface area contributed by atoms with Gasteiger partial charge in [-0.25, -0.2) is 4.79 Å². The van der Waals surface area contributed by atoms with Gasteiger partial charge in [-0.1, -0.05) is 47.5 Å². The van der Waals surface area contributed by atoms with Crippen molar-refractivity contribution in [3.8, 4) is 0 Å². The number of esters is 1. The Morgan fingerprint density at radius 2 is 1.61 bits per heavy atom. The van der Waals surface area contributed by atoms with Crippen LogP contribution in [0.5, 0.6) is 0 Å². The van der Waals surface area contributed by atoms with Crippen LogP contribution < -0.4 is 0 Å². The molecule has 0 aliphatic carbocycles. The first-order valence-corrected chi connectivity index (χ1v) is 11.6. The molecule has 1 atom stereocenters. The van der Waals surface area contributed by atoms with E-state index in [1.807, 2.05) is 69.3 Å². The van der Waals surface area contributed by atoms with E-state index in [1.54, 1.807) is 4.90 Å². The van der Waals surface area contributed by atoms with Crippen molar-refractivity contribution in [2.75, 3.05) is 26.7 Å². The molecule has 2 aromatic rings. The highest BCUT2D eigenvalue weighted by Crippen LogP contribution is 2.35. The van der Waals surface area contributed by atoms with E-state index in [1.165, 1.54) is 7.11 Å². The van der Waals surface area contributed by atoms with Gasteiger partial charge >= 0.3 is 12.1 Å². The van der Waals surface area contributed by atoms with Crippen LogP contribution in [0.3, 0.4) is 0 Å². The van der Waals surface area contributed by atoms with Crippen LogP contribution in [0.15, 0.2) is 48.5 Å². The number of carbonyl (C=O) groups excluding carboxylic acids is 2. The lowest BCUT2D eigenvalue weighted by molar-refractivity contribution is -0.143. The van der Waals surface area contributed by atoms with E-state index in [0.29, 0.717) is 29.7 Å². The van der Waals surface area contributed by atoms with Crippen LogP contribution in [0.1, 0.15) is 44.4 Å². The molecule has 1 aliphatic heterocycles. The third-order valence-corrected chi connectivity index (χ3v) is 5.94. The minimum absolute atomic E-state index is 0.132. The number of benzene rings is 2. The number of carbonyl (C=O) groups is 2. The lowest BCUT2D eigenvalue weighted by atomic mass is 9.93. The van der Waals surface area contributed by atoms with Crippen molar-refractivity contribution in [3.63, 3.8) is 0 Å². The van der Waals surface area contributed by atoms with Crippen molar-refractivity contribution in [2.45, 2.75) is 44.9 Å². The molecule has 0 bridgehead atoms. The third-order valence-electron chi connectivity index (χ3n) is 5.47. The molecule has 178 valence electrons. The molecule has 2 aromatic carbocycles. The van der Waals surface area contributed by atoms with Crippen molar-refractivity contribution >= 4 is 35.3 Å². The number of hydrogen-bond acceptors (Lipinski definition) is 5. The topological polar surface area (TPSA) is 59.1 Å². The Labute approximate surface area is 205 Å². The summed E-state index contributed by atoms with van der Waals surface area (Å²) < 4.78 is 10.5. The Hall–Kier alpha value is -2.28. The number of methoxy groups -OCH3 is 1. The molecule has 1 unspecified atom stereocenters. The van der Waals surface area contributed by atoms with Crippen LogP contribution in [0.25, 0.3) is 0 Å². The molecule has 1 heterocycles. The van der Waals surface area contributed by atoms with E-state index in [9.17, 15) is 9.59 Å². The molecule has 8 heteroatoms. The molecule has 1 aliphatic rings. The molecule has 6 nitrogen and oxygen atoms in total. The highest BCUT2D eigenvalue weighted by Gasteiger charge is 2.38. The molecule has 1 amide bonds. The van der Waals surface area contributed by atoms with Gasteiger partial charge in [-0.2, -0.15) is 0 Å². The van der Waals surface area contributed by atoms with Gasteiger partial charge in [-0.05, 0) is 56.2 Å². The predicted octanol–water partition coefficient (Wildman–Crippen LogP) is 5.57. The van der Waals surface area contributed by atoms with E-state index < -0.39 is 5.60 Å². The van der Waals surface area contributed by atoms with E-state index in [2.05, 4.69) is 4.90 Å². The van der Waals surface area contributed by atoms with Crippen LogP contribution in [0.4, 0.5) is 4.79 Å². The van der Waals surface area contributed by atoms with Crippen molar-refractivity contribution in [3.05, 3.63) is 69.7 Å². The summed E-state index contributed by atoms with van der Waals surface area (Å²) in [6.45, 7) is 6.83. The second kappa shape index (κ2) is 10.8. The molecule has 0 aromatic heterocycles. The summed E-state index contributed by atoms with van der Waals surface area (Å²) in [4.78, 5) is 28.9. The van der Waals surface area contributed by atoms with Gasteiger partial charge < -0.3 is 14.4 Å². The van der Waals surface area contributed by atoms with E-state index >= 15 is 0 Å². The van der Waals surface area contributed by atoms with Gasteiger partial charge in [0.15, 0.2) is 0 Å². The maximum absolute atomic E-state index is 12.8. The Kier molecular flexibility index (Phi) is 8.27. The fraction of sp³-hybridized carbons (Fsp3) is 0.440. The van der Waals surface area contributed by atoms with Crippen LogP contribution >= 0.6 is 23.2 Å². The zero-order chi connectivity index (χ0) is 24.2. The maximum Gasteiger partial charge on any atom is 0.410 e. The zero-order valence-electron chi connectivity index (χ0n) is 19.4. The largest absolute Gasteiger partial charge is 0.469 e. The number of halogens is 2. The summed E-state index contributed by atoms with van der Waals surface area (Å²) in [5.41, 5.74) is 1.35. The van der Waals surface area contributed by atoms with Crippen molar-refractivity contribution in [1.82, 2.24) is 9.80 Å². The van der Waals surface area contributed by atoms with Gasteiger partial charge in [0.25, 0.3) is 0 Å². The first-order chi connectivity index (χ1) is 15.6. The molecule has 1 fully saturated rings. The molecule has 0 saturated carbocycles. The third kappa shape index (κ3) is 6.85. The van der Waals surface area contributed by atoms with Crippen molar-refractivity contribution < 1.29 is 19.1 Å². The quantitative estimate of drug-likeness (QED) is 0.510. The van der Waals surface area contributed by atoms with E-state index in [0.717, 1.165) is 11.1 Å². The normalized spacial score (nSPS) is 17.2. The number of amides is 1. The second-order valence-electron chi connectivity index (χ2n) is 9.11. The Bertz CT molecular complexity index is 947. The van der Waals surface area contributed by atoms with Crippen LogP contribution in [-0.4, -0.2) is 60.2 Å². The monoisotopic (exact) mass is 492 g/mol. The van der Waals surface area contributed by atoms with Gasteiger partial charge in [-0.3, -0.25) is 9.69 Å². The first kappa shape index (κ1) is 25.3. The number of piperazine rings is 1. The number of ether oxygens (including phenoxy) is 2. The molecular formula is C25H30Cl2N2O4. The fourth-order valence-electron chi connectivity index (χ4n) is 4.09. The standard InChI is InChI=1S/C25H30Cl2N2O4/c1-25(2,3)33-24(31)28-11-12-29(21(16-28)15-22(30)32-4)23(17-7-5-9-19(26)13-17)18-8-6-10-20(27)14-18/h5-10,13-14,21,23H,11-12,15-16H2,1-4H3. The average molecular weight is 493 g/mol. The zero-order valence-corrected chi connectivity index (χ0v) is 20.9. The first-order valence-electron chi connectivity index (χ1n) is 10.9. The van der Waals surface area contributed by atoms with Crippen LogP contribution in [0, 0.1) is 0 Å². The number of rotatable bonds is 5. The molecule has 0 spiro atoms. The highest BCUT2D eigenvalue weighted by molar-refractivity contribution is 6.31. The maximum atomic E-state index is 12.8. The Balaban J connectivity index is 1.98. The highest BCUT2D eigenvalue weighted by atomic mass is 35.5. The Morgan fingerprint density at radius 3 is 2.09 bits per heavy atom. The fourth-order valence-corrected chi connectivity index (χ4v) is 4.49. The molecule has 0 radical (unpaired) electrons. The van der Waals surface area contributed by atoms with Crippen molar-refractivity contribution in [2.24, 2.45) is 0 Å². The summed E-state index contributed by atoms with van der Waals surface area (Å²) >= 11 is 12.7. The van der Waals surface area contributed by atoms with Gasteiger partial charge in [0.2, 0.25) is 0 Å². The van der Waals surface area contributed by atoms with Crippen molar-refractivity contribution in [1.29, 1.82) is 0 Å². The molecule has 3 rings (SSSR count). The SMILES string of the molecule is COC(=O)CC1CN(C(=O)OC(C)(C)C)CCN1C(c1cccc(Cl)c1)c1cccc(Cl)c1. The summed E-state index contributed by atoms with van der Waals surface area (Å²) in [5.74, 6) is -0.341. The van der Waals surface area contributed by atoms with Gasteiger partial charge in [0.1, 0.15) is 5.60 Å². The summed E-state index contributed by atoms with van der Waals surface area (Å²) in [7, 11) is 1.37. The summed E-state index contributed by atoms with van der Waals surface area (Å²) in [6, 6.07) is 14.8. The smallest absolute Gasteiger partial charge is 0.410 e.